The van der Waals surface area contributed by atoms with Gasteiger partial charge in [0.2, 0.25) is 10.0 Å². The number of nitrogens with zero attached hydrogens (tertiary/aromatic N) is 2. The first-order valence-corrected chi connectivity index (χ1v) is 5.24. The van der Waals surface area contributed by atoms with E-state index >= 15 is 0 Å². The van der Waals surface area contributed by atoms with Crippen molar-refractivity contribution < 1.29 is 13.6 Å². The highest BCUT2D eigenvalue weighted by Crippen LogP contribution is 2.02. The Morgan fingerprint density at radius 3 is 2.00 bits per heavy atom. The lowest BCUT2D eigenvalue weighted by molar-refractivity contribution is -0.108. The van der Waals surface area contributed by atoms with Crippen molar-refractivity contribution in [3.8, 4) is 0 Å². The Morgan fingerprint density at radius 1 is 1.18 bits per heavy atom. The molecule has 0 aromatic heterocycles. The van der Waals surface area contributed by atoms with Crippen LogP contribution in [0.5, 0.6) is 0 Å². The second-order valence-electron chi connectivity index (χ2n) is 2.62. The molecule has 6 heteroatoms. The molecule has 5 nitrogen and oxygen atoms in total. The van der Waals surface area contributed by atoms with Gasteiger partial charge in [0, 0.05) is 26.2 Å². The minimum Gasteiger partial charge on any atom is -0.314 e. The van der Waals surface area contributed by atoms with Crippen LogP contribution in [0.4, 0.5) is 0 Å². The molecule has 11 heavy (non-hydrogen) atoms. The van der Waals surface area contributed by atoms with E-state index in [2.05, 4.69) is 0 Å². The van der Waals surface area contributed by atoms with Gasteiger partial charge in [-0.1, -0.05) is 0 Å². The van der Waals surface area contributed by atoms with Crippen molar-refractivity contribution in [1.82, 2.24) is 9.37 Å². The molecular weight excluding hydrogens is 168 g/mol. The van der Waals surface area contributed by atoms with Crippen LogP contribution in [0.25, 0.3) is 0 Å². The van der Waals surface area contributed by atoms with Gasteiger partial charge in [0.1, 0.15) is 0 Å². The molecule has 0 aliphatic carbocycles. The smallest absolute Gasteiger partial charge is 0.211 e. The normalized spacial score (nSPS) is 23.8. The maximum Gasteiger partial charge on any atom is 0.211 e. The van der Waals surface area contributed by atoms with Gasteiger partial charge in [-0.2, -0.15) is 9.37 Å². The predicted molar refractivity (Wildman–Crippen MR) is 39.8 cm³/mol. The van der Waals surface area contributed by atoms with E-state index in [1.54, 1.807) is 0 Å². The summed E-state index contributed by atoms with van der Waals surface area (Å²) in [6.45, 7) is 1.56. The third-order valence-corrected chi connectivity index (χ3v) is 2.99. The SMILES string of the molecule is CS(=O)(=O)N1CCN(O)CC1. The van der Waals surface area contributed by atoms with Crippen LogP contribution in [0, 0.1) is 0 Å². The molecule has 1 heterocycles. The van der Waals surface area contributed by atoms with Crippen LogP contribution in [0.15, 0.2) is 0 Å². The number of hydrogen-bond acceptors (Lipinski definition) is 4. The van der Waals surface area contributed by atoms with Crippen molar-refractivity contribution in [1.29, 1.82) is 0 Å². The molecule has 0 aromatic carbocycles. The van der Waals surface area contributed by atoms with Gasteiger partial charge < -0.3 is 5.21 Å². The molecule has 0 unspecified atom stereocenters. The van der Waals surface area contributed by atoms with E-state index in [1.165, 1.54) is 10.6 Å². The monoisotopic (exact) mass is 180 g/mol. The number of rotatable bonds is 1. The first-order chi connectivity index (χ1) is 5.00. The summed E-state index contributed by atoms with van der Waals surface area (Å²) in [4.78, 5) is 0. The van der Waals surface area contributed by atoms with Crippen LogP contribution in [-0.4, -0.2) is 55.4 Å². The molecule has 1 N–H and O–H groups in total. The van der Waals surface area contributed by atoms with Gasteiger partial charge in [-0.05, 0) is 0 Å². The molecule has 0 saturated carbocycles. The van der Waals surface area contributed by atoms with Gasteiger partial charge in [-0.25, -0.2) is 8.42 Å². The summed E-state index contributed by atoms with van der Waals surface area (Å²) in [7, 11) is -3.05. The van der Waals surface area contributed by atoms with Crippen LogP contribution in [-0.2, 0) is 10.0 Å². The number of piperazine rings is 1. The van der Waals surface area contributed by atoms with Gasteiger partial charge in [-0.3, -0.25) is 0 Å². The van der Waals surface area contributed by atoms with Gasteiger partial charge in [0.25, 0.3) is 0 Å². The summed E-state index contributed by atoms with van der Waals surface area (Å²) in [6.07, 6.45) is 1.18. The van der Waals surface area contributed by atoms with E-state index < -0.39 is 10.0 Å². The van der Waals surface area contributed by atoms with Crippen molar-refractivity contribution in [3.63, 3.8) is 0 Å². The van der Waals surface area contributed by atoms with Crippen LogP contribution in [0.1, 0.15) is 0 Å². The molecule has 1 aliphatic heterocycles. The number of sulfonamides is 1. The van der Waals surface area contributed by atoms with E-state index in [1.807, 2.05) is 0 Å². The zero-order valence-corrected chi connectivity index (χ0v) is 7.21. The summed E-state index contributed by atoms with van der Waals surface area (Å²) in [5.74, 6) is 0. The second kappa shape index (κ2) is 3.06. The lowest BCUT2D eigenvalue weighted by atomic mass is 10.4. The van der Waals surface area contributed by atoms with Crippen molar-refractivity contribution in [2.75, 3.05) is 32.4 Å². The highest BCUT2D eigenvalue weighted by Gasteiger charge is 2.21. The maximum atomic E-state index is 10.9. The quantitative estimate of drug-likeness (QED) is 0.559. The predicted octanol–water partition coefficient (Wildman–Crippen LogP) is -1.05. The molecule has 0 atom stereocenters. The zero-order chi connectivity index (χ0) is 8.48. The second-order valence-corrected chi connectivity index (χ2v) is 4.60. The fourth-order valence-corrected chi connectivity index (χ4v) is 1.84. The average molecular weight is 180 g/mol. The van der Waals surface area contributed by atoms with Crippen molar-refractivity contribution in [2.45, 2.75) is 0 Å². The Hall–Kier alpha value is -0.170. The molecule has 1 fully saturated rings. The minimum atomic E-state index is -3.05. The van der Waals surface area contributed by atoms with Crippen molar-refractivity contribution in [2.24, 2.45) is 0 Å². The molecule has 0 amide bonds. The first-order valence-electron chi connectivity index (χ1n) is 3.39. The van der Waals surface area contributed by atoms with Crippen LogP contribution < -0.4 is 0 Å². The van der Waals surface area contributed by atoms with E-state index in [0.717, 1.165) is 5.06 Å². The highest BCUT2D eigenvalue weighted by molar-refractivity contribution is 7.88. The average Bonchev–Trinajstić information content (AvgIpc) is 1.86. The molecule has 1 saturated heterocycles. The Labute approximate surface area is 66.2 Å². The topological polar surface area (TPSA) is 60.9 Å². The Bertz CT molecular complexity index is 218. The first kappa shape index (κ1) is 8.92. The van der Waals surface area contributed by atoms with Crippen molar-refractivity contribution >= 4 is 10.0 Å². The van der Waals surface area contributed by atoms with Gasteiger partial charge in [0.15, 0.2) is 0 Å². The fraction of sp³-hybridized carbons (Fsp3) is 1.00. The molecule has 1 rings (SSSR count). The fourth-order valence-electron chi connectivity index (χ4n) is 1.01. The summed E-state index contributed by atoms with van der Waals surface area (Å²) in [6, 6.07) is 0. The van der Waals surface area contributed by atoms with Crippen LogP contribution in [0.3, 0.4) is 0 Å². The third kappa shape index (κ3) is 2.41. The van der Waals surface area contributed by atoms with Gasteiger partial charge in [0.05, 0.1) is 6.26 Å². The minimum absolute atomic E-state index is 0.384. The lowest BCUT2D eigenvalue weighted by Gasteiger charge is -2.28. The largest absolute Gasteiger partial charge is 0.314 e. The number of hydroxylamine groups is 2. The molecule has 0 bridgehead atoms. The summed E-state index contributed by atoms with van der Waals surface area (Å²) < 4.78 is 23.2. The summed E-state index contributed by atoms with van der Waals surface area (Å²) in [5, 5.41) is 10.0. The van der Waals surface area contributed by atoms with Gasteiger partial charge in [-0.15, -0.1) is 0 Å². The molecule has 0 radical (unpaired) electrons. The van der Waals surface area contributed by atoms with Gasteiger partial charge >= 0.3 is 0 Å². The third-order valence-electron chi connectivity index (χ3n) is 1.68. The molecular formula is C5H12N2O3S. The van der Waals surface area contributed by atoms with E-state index in [0.29, 0.717) is 26.2 Å². The molecule has 1 aliphatic rings. The molecule has 66 valence electrons. The van der Waals surface area contributed by atoms with Crippen LogP contribution in [0.2, 0.25) is 0 Å². The highest BCUT2D eigenvalue weighted by atomic mass is 32.2. The summed E-state index contributed by atoms with van der Waals surface area (Å²) in [5.41, 5.74) is 0. The molecule has 0 spiro atoms. The van der Waals surface area contributed by atoms with E-state index in [4.69, 9.17) is 5.21 Å². The Balaban J connectivity index is 2.53. The number of hydrogen-bond donors (Lipinski definition) is 1. The van der Waals surface area contributed by atoms with Crippen LogP contribution >= 0.6 is 0 Å². The summed E-state index contributed by atoms with van der Waals surface area (Å²) >= 11 is 0. The van der Waals surface area contributed by atoms with E-state index in [9.17, 15) is 8.42 Å². The zero-order valence-electron chi connectivity index (χ0n) is 6.39. The Morgan fingerprint density at radius 2 is 1.64 bits per heavy atom. The Kier molecular flexibility index (Phi) is 2.48. The standard InChI is InChI=1S/C5H12N2O3S/c1-11(9,10)7-4-2-6(8)3-5-7/h8H,2-5H2,1H3. The lowest BCUT2D eigenvalue weighted by Crippen LogP contribution is -2.46. The maximum absolute atomic E-state index is 10.9. The molecule has 0 aromatic rings. The van der Waals surface area contributed by atoms with Crippen molar-refractivity contribution in [3.05, 3.63) is 0 Å². The van der Waals surface area contributed by atoms with E-state index in [-0.39, 0.29) is 0 Å².